The number of fused-ring (bicyclic) bond motifs is 1. The molecule has 0 bridgehead atoms. The summed E-state index contributed by atoms with van der Waals surface area (Å²) in [6.07, 6.45) is 0.682. The zero-order valence-electron chi connectivity index (χ0n) is 16.3. The van der Waals surface area contributed by atoms with E-state index in [-0.39, 0.29) is 5.41 Å². The van der Waals surface area contributed by atoms with Crippen LogP contribution in [0.1, 0.15) is 51.3 Å². The van der Waals surface area contributed by atoms with Gasteiger partial charge in [0.1, 0.15) is 17.2 Å². The lowest BCUT2D eigenvalue weighted by molar-refractivity contribution is 0.0839. The standard InChI is InChI=1S/C17H24N8O2/c1-10-11(22-27-21-10)8-25-14-12(20-23-25)13(18-15(19-14)16(2,3)4)24-7-6-17(5,26)9-24/h26H,6-9H2,1-5H3/t17-/m0/s1. The van der Waals surface area contributed by atoms with E-state index in [0.29, 0.717) is 60.2 Å². The second-order valence-corrected chi connectivity index (χ2v) is 8.50. The molecular weight excluding hydrogens is 348 g/mol. The Kier molecular flexibility index (Phi) is 3.91. The van der Waals surface area contributed by atoms with Crippen molar-refractivity contribution in [3.05, 3.63) is 17.2 Å². The first-order valence-electron chi connectivity index (χ1n) is 9.01. The molecule has 10 nitrogen and oxygen atoms in total. The van der Waals surface area contributed by atoms with Crippen LogP contribution in [0.3, 0.4) is 0 Å². The van der Waals surface area contributed by atoms with Gasteiger partial charge >= 0.3 is 0 Å². The van der Waals surface area contributed by atoms with E-state index < -0.39 is 5.60 Å². The Morgan fingerprint density at radius 2 is 2.00 bits per heavy atom. The van der Waals surface area contributed by atoms with Gasteiger partial charge < -0.3 is 10.0 Å². The number of rotatable bonds is 3. The smallest absolute Gasteiger partial charge is 0.184 e. The van der Waals surface area contributed by atoms with Gasteiger partial charge in [0.15, 0.2) is 17.0 Å². The summed E-state index contributed by atoms with van der Waals surface area (Å²) < 4.78 is 6.47. The van der Waals surface area contributed by atoms with E-state index >= 15 is 0 Å². The molecule has 0 radical (unpaired) electrons. The lowest BCUT2D eigenvalue weighted by atomic mass is 9.96. The predicted octanol–water partition coefficient (Wildman–Crippen LogP) is 1.22. The van der Waals surface area contributed by atoms with Crippen LogP contribution in [0.2, 0.25) is 0 Å². The number of hydrogen-bond donors (Lipinski definition) is 1. The van der Waals surface area contributed by atoms with Crippen LogP contribution < -0.4 is 4.90 Å². The average Bonchev–Trinajstić information content (AvgIpc) is 3.26. The minimum absolute atomic E-state index is 0.244. The van der Waals surface area contributed by atoms with E-state index in [1.165, 1.54) is 0 Å². The second kappa shape index (κ2) is 5.95. The van der Waals surface area contributed by atoms with Crippen molar-refractivity contribution in [3.63, 3.8) is 0 Å². The van der Waals surface area contributed by atoms with Crippen LogP contribution in [-0.2, 0) is 12.0 Å². The molecule has 1 N–H and O–H groups in total. The number of β-amino-alcohol motifs (C(OH)–C–C–N with tert-alkyl or cyclic N) is 1. The molecule has 3 aromatic rings. The normalized spacial score (nSPS) is 20.7. The number of aromatic nitrogens is 7. The van der Waals surface area contributed by atoms with Crippen molar-refractivity contribution in [1.82, 2.24) is 35.3 Å². The summed E-state index contributed by atoms with van der Waals surface area (Å²) in [5, 5.41) is 26.7. The van der Waals surface area contributed by atoms with Crippen molar-refractivity contribution in [2.75, 3.05) is 18.0 Å². The van der Waals surface area contributed by atoms with Gasteiger partial charge in [0.25, 0.3) is 0 Å². The first kappa shape index (κ1) is 17.8. The number of hydrogen-bond acceptors (Lipinski definition) is 9. The van der Waals surface area contributed by atoms with Crippen molar-refractivity contribution in [3.8, 4) is 0 Å². The van der Waals surface area contributed by atoms with E-state index in [9.17, 15) is 5.11 Å². The fraction of sp³-hybridized carbons (Fsp3) is 0.647. The molecule has 3 aromatic heterocycles. The molecule has 4 rings (SSSR count). The van der Waals surface area contributed by atoms with Crippen LogP contribution in [0.4, 0.5) is 5.82 Å². The molecule has 0 unspecified atom stereocenters. The topological polar surface area (TPSA) is 119 Å². The fourth-order valence-corrected chi connectivity index (χ4v) is 3.17. The Hall–Kier alpha value is -2.62. The Bertz CT molecular complexity index is 985. The first-order chi connectivity index (χ1) is 12.6. The molecule has 1 fully saturated rings. The van der Waals surface area contributed by atoms with Crippen LogP contribution in [0.5, 0.6) is 0 Å². The molecule has 1 aliphatic heterocycles. The quantitative estimate of drug-likeness (QED) is 0.723. The average molecular weight is 372 g/mol. The lowest BCUT2D eigenvalue weighted by Gasteiger charge is -2.23. The third-order valence-corrected chi connectivity index (χ3v) is 4.81. The minimum atomic E-state index is -0.737. The van der Waals surface area contributed by atoms with E-state index in [1.807, 2.05) is 13.8 Å². The van der Waals surface area contributed by atoms with Crippen molar-refractivity contribution in [1.29, 1.82) is 0 Å². The van der Waals surface area contributed by atoms with Crippen LogP contribution in [-0.4, -0.2) is 59.1 Å². The molecule has 1 atom stereocenters. The van der Waals surface area contributed by atoms with Crippen molar-refractivity contribution >= 4 is 17.0 Å². The maximum absolute atomic E-state index is 10.4. The number of aliphatic hydroxyl groups is 1. The summed E-state index contributed by atoms with van der Waals surface area (Å²) in [6, 6.07) is 0. The zero-order valence-corrected chi connectivity index (χ0v) is 16.3. The maximum Gasteiger partial charge on any atom is 0.184 e. The molecule has 10 heteroatoms. The Labute approximate surface area is 156 Å². The Morgan fingerprint density at radius 3 is 2.59 bits per heavy atom. The Morgan fingerprint density at radius 1 is 1.22 bits per heavy atom. The highest BCUT2D eigenvalue weighted by Gasteiger charge is 2.35. The van der Waals surface area contributed by atoms with Crippen LogP contribution in [0, 0.1) is 6.92 Å². The molecule has 0 saturated carbocycles. The van der Waals surface area contributed by atoms with Gasteiger partial charge in [-0.2, -0.15) is 0 Å². The van der Waals surface area contributed by atoms with Gasteiger partial charge in [-0.3, -0.25) is 0 Å². The van der Waals surface area contributed by atoms with Gasteiger partial charge in [-0.25, -0.2) is 19.3 Å². The maximum atomic E-state index is 10.4. The van der Waals surface area contributed by atoms with E-state index in [1.54, 1.807) is 4.68 Å². The van der Waals surface area contributed by atoms with Crippen molar-refractivity contribution in [2.45, 2.75) is 58.6 Å². The number of anilines is 1. The third-order valence-electron chi connectivity index (χ3n) is 4.81. The SMILES string of the molecule is Cc1nonc1Cn1nnc2c(N3CC[C@](C)(O)C3)nc(C(C)(C)C)nc21. The van der Waals surface area contributed by atoms with Gasteiger partial charge in [-0.1, -0.05) is 36.3 Å². The number of aryl methyl sites for hydroxylation is 1. The summed E-state index contributed by atoms with van der Waals surface area (Å²) in [5.41, 5.74) is 1.67. The molecule has 0 spiro atoms. The molecular formula is C17H24N8O2. The van der Waals surface area contributed by atoms with E-state index in [0.717, 1.165) is 0 Å². The molecule has 27 heavy (non-hydrogen) atoms. The highest BCUT2D eigenvalue weighted by molar-refractivity contribution is 5.83. The molecule has 144 valence electrons. The van der Waals surface area contributed by atoms with Gasteiger partial charge in [0.05, 0.1) is 12.1 Å². The third kappa shape index (κ3) is 3.25. The van der Waals surface area contributed by atoms with Crippen molar-refractivity contribution in [2.24, 2.45) is 0 Å². The fourth-order valence-electron chi connectivity index (χ4n) is 3.17. The summed E-state index contributed by atoms with van der Waals surface area (Å²) >= 11 is 0. The van der Waals surface area contributed by atoms with Gasteiger partial charge in [0, 0.05) is 18.5 Å². The molecule has 0 aliphatic carbocycles. The van der Waals surface area contributed by atoms with Gasteiger partial charge in [0.2, 0.25) is 0 Å². The summed E-state index contributed by atoms with van der Waals surface area (Å²) in [4.78, 5) is 11.6. The Balaban J connectivity index is 1.84. The lowest BCUT2D eigenvalue weighted by Crippen LogP contribution is -2.31. The second-order valence-electron chi connectivity index (χ2n) is 8.50. The molecule has 1 aliphatic rings. The van der Waals surface area contributed by atoms with E-state index in [2.05, 4.69) is 46.3 Å². The number of nitrogens with zero attached hydrogens (tertiary/aromatic N) is 8. The predicted molar refractivity (Wildman–Crippen MR) is 97.4 cm³/mol. The minimum Gasteiger partial charge on any atom is -0.388 e. The van der Waals surface area contributed by atoms with E-state index in [4.69, 9.17) is 14.6 Å². The largest absolute Gasteiger partial charge is 0.388 e. The van der Waals surface area contributed by atoms with Crippen LogP contribution >= 0.6 is 0 Å². The van der Waals surface area contributed by atoms with Crippen LogP contribution in [0.25, 0.3) is 11.2 Å². The highest BCUT2D eigenvalue weighted by atomic mass is 16.6. The molecule has 1 saturated heterocycles. The molecule has 0 amide bonds. The monoisotopic (exact) mass is 372 g/mol. The summed E-state index contributed by atoms with van der Waals surface area (Å²) in [7, 11) is 0. The van der Waals surface area contributed by atoms with Gasteiger partial charge in [-0.15, -0.1) is 5.10 Å². The molecule has 4 heterocycles. The zero-order chi connectivity index (χ0) is 19.4. The van der Waals surface area contributed by atoms with Crippen molar-refractivity contribution < 1.29 is 9.74 Å². The molecule has 0 aromatic carbocycles. The van der Waals surface area contributed by atoms with Gasteiger partial charge in [-0.05, 0) is 20.3 Å². The van der Waals surface area contributed by atoms with Crippen LogP contribution in [0.15, 0.2) is 4.63 Å². The highest BCUT2D eigenvalue weighted by Crippen LogP contribution is 2.31. The first-order valence-corrected chi connectivity index (χ1v) is 9.01. The summed E-state index contributed by atoms with van der Waals surface area (Å²) in [5.74, 6) is 1.42. The summed E-state index contributed by atoms with van der Waals surface area (Å²) in [6.45, 7) is 11.5.